The second kappa shape index (κ2) is 7.93. The predicted molar refractivity (Wildman–Crippen MR) is 91.9 cm³/mol. The molecule has 2 aromatic carbocycles. The van der Waals surface area contributed by atoms with E-state index in [1.54, 1.807) is 12.1 Å². The van der Waals surface area contributed by atoms with Crippen molar-refractivity contribution in [1.29, 1.82) is 0 Å². The maximum absolute atomic E-state index is 11.3. The Bertz CT molecular complexity index is 719. The molecule has 0 atom stereocenters. The normalized spacial score (nSPS) is 10.3. The number of methoxy groups -OCH3 is 1. The van der Waals surface area contributed by atoms with Gasteiger partial charge in [0.2, 0.25) is 0 Å². The van der Waals surface area contributed by atoms with Crippen LogP contribution in [0.2, 0.25) is 5.02 Å². The zero-order valence-corrected chi connectivity index (χ0v) is 14.5. The van der Waals surface area contributed by atoms with Crippen LogP contribution in [-0.2, 0) is 0 Å². The fraction of sp³-hybridized carbons (Fsp3) is 0.278. The summed E-state index contributed by atoms with van der Waals surface area (Å²) < 4.78 is 16.4. The molecule has 0 spiro atoms. The van der Waals surface area contributed by atoms with Crippen LogP contribution in [-0.4, -0.2) is 31.4 Å². The highest BCUT2D eigenvalue weighted by molar-refractivity contribution is 6.32. The van der Waals surface area contributed by atoms with Crippen LogP contribution in [0.3, 0.4) is 0 Å². The third-order valence-corrected chi connectivity index (χ3v) is 4.03. The maximum atomic E-state index is 11.3. The molecular formula is C18H19ClO5. The third kappa shape index (κ3) is 4.11. The molecule has 5 nitrogen and oxygen atoms in total. The van der Waals surface area contributed by atoms with Crippen LogP contribution in [0.15, 0.2) is 30.3 Å². The maximum Gasteiger partial charge on any atom is 0.339 e. The predicted octanol–water partition coefficient (Wildman–Crippen LogP) is 4.12. The second-order valence-electron chi connectivity index (χ2n) is 5.21. The number of rotatable bonds is 7. The summed E-state index contributed by atoms with van der Waals surface area (Å²) in [5.74, 6) is 0.179. The zero-order valence-electron chi connectivity index (χ0n) is 13.8. The highest BCUT2D eigenvalue weighted by Gasteiger charge is 2.16. The van der Waals surface area contributed by atoms with Gasteiger partial charge in [0.25, 0.3) is 0 Å². The molecule has 0 aliphatic rings. The van der Waals surface area contributed by atoms with Gasteiger partial charge in [0.1, 0.15) is 24.5 Å². The molecule has 0 bridgehead atoms. The number of aromatic carboxylic acids is 1. The van der Waals surface area contributed by atoms with Gasteiger partial charge in [0.05, 0.1) is 7.11 Å². The number of para-hydroxylation sites is 1. The lowest BCUT2D eigenvalue weighted by Gasteiger charge is -2.14. The van der Waals surface area contributed by atoms with E-state index in [4.69, 9.17) is 25.8 Å². The summed E-state index contributed by atoms with van der Waals surface area (Å²) in [7, 11) is 1.46. The first-order chi connectivity index (χ1) is 11.4. The van der Waals surface area contributed by atoms with E-state index in [-0.39, 0.29) is 24.5 Å². The van der Waals surface area contributed by atoms with E-state index in [0.717, 1.165) is 16.1 Å². The number of hydrogen-bond donors (Lipinski definition) is 1. The number of hydrogen-bond acceptors (Lipinski definition) is 4. The minimum absolute atomic E-state index is 0.0486. The summed E-state index contributed by atoms with van der Waals surface area (Å²) in [6.07, 6.45) is 0. The van der Waals surface area contributed by atoms with Crippen molar-refractivity contribution < 1.29 is 24.1 Å². The molecule has 0 radical (unpaired) electrons. The number of carboxylic acids is 1. The first-order valence-corrected chi connectivity index (χ1v) is 7.74. The molecule has 0 unspecified atom stereocenters. The van der Waals surface area contributed by atoms with Gasteiger partial charge in [-0.25, -0.2) is 4.79 Å². The molecule has 0 saturated carbocycles. The van der Waals surface area contributed by atoms with Gasteiger partial charge in [-0.15, -0.1) is 0 Å². The van der Waals surface area contributed by atoms with Crippen molar-refractivity contribution in [2.45, 2.75) is 13.8 Å². The Labute approximate surface area is 145 Å². The number of ether oxygens (including phenoxy) is 3. The van der Waals surface area contributed by atoms with Gasteiger partial charge in [0.15, 0.2) is 11.5 Å². The highest BCUT2D eigenvalue weighted by Crippen LogP contribution is 2.31. The van der Waals surface area contributed by atoms with Crippen molar-refractivity contribution in [3.63, 3.8) is 0 Å². The molecule has 6 heteroatoms. The Morgan fingerprint density at radius 3 is 2.33 bits per heavy atom. The number of carboxylic acid groups (broad SMARTS) is 1. The summed E-state index contributed by atoms with van der Waals surface area (Å²) in [6, 6.07) is 8.41. The largest absolute Gasteiger partial charge is 0.493 e. The van der Waals surface area contributed by atoms with Crippen molar-refractivity contribution in [3.05, 3.63) is 52.0 Å². The van der Waals surface area contributed by atoms with Crippen LogP contribution in [0, 0.1) is 13.8 Å². The average Bonchev–Trinajstić information content (AvgIpc) is 2.56. The number of halogens is 1. The van der Waals surface area contributed by atoms with Gasteiger partial charge in [-0.2, -0.15) is 0 Å². The standard InChI is InChI=1S/C18H19ClO5/c1-11-9-13(10-12(2)16(11)19)23-7-8-24-17-14(18(20)21)5-4-6-15(17)22-3/h4-6,9-10H,7-8H2,1-3H3,(H,20,21). The zero-order chi connectivity index (χ0) is 17.7. The van der Waals surface area contributed by atoms with E-state index in [0.29, 0.717) is 11.5 Å². The van der Waals surface area contributed by atoms with Gasteiger partial charge in [-0.1, -0.05) is 17.7 Å². The summed E-state index contributed by atoms with van der Waals surface area (Å²) in [4.78, 5) is 11.3. The number of benzene rings is 2. The Morgan fingerprint density at radius 1 is 1.12 bits per heavy atom. The van der Waals surface area contributed by atoms with Crippen LogP contribution in [0.25, 0.3) is 0 Å². The minimum atomic E-state index is -1.08. The molecule has 128 valence electrons. The van der Waals surface area contributed by atoms with Crippen LogP contribution in [0.5, 0.6) is 17.2 Å². The van der Waals surface area contributed by atoms with Crippen molar-refractivity contribution in [3.8, 4) is 17.2 Å². The van der Waals surface area contributed by atoms with E-state index < -0.39 is 5.97 Å². The molecule has 0 amide bonds. The van der Waals surface area contributed by atoms with Gasteiger partial charge in [-0.05, 0) is 49.2 Å². The van der Waals surface area contributed by atoms with Crippen LogP contribution >= 0.6 is 11.6 Å². The second-order valence-corrected chi connectivity index (χ2v) is 5.59. The molecule has 0 aromatic heterocycles. The number of aryl methyl sites for hydroxylation is 2. The molecule has 1 N–H and O–H groups in total. The lowest BCUT2D eigenvalue weighted by atomic mass is 10.1. The highest BCUT2D eigenvalue weighted by atomic mass is 35.5. The SMILES string of the molecule is COc1cccc(C(=O)O)c1OCCOc1cc(C)c(Cl)c(C)c1. The summed E-state index contributed by atoms with van der Waals surface area (Å²) in [5.41, 5.74) is 1.92. The van der Waals surface area contributed by atoms with Crippen LogP contribution in [0.1, 0.15) is 21.5 Å². The first kappa shape index (κ1) is 17.9. The molecular weight excluding hydrogens is 332 g/mol. The smallest absolute Gasteiger partial charge is 0.339 e. The Hall–Kier alpha value is -2.40. The van der Waals surface area contributed by atoms with E-state index in [9.17, 15) is 9.90 Å². The van der Waals surface area contributed by atoms with Gasteiger partial charge in [-0.3, -0.25) is 0 Å². The van der Waals surface area contributed by atoms with Crippen LogP contribution < -0.4 is 14.2 Å². The van der Waals surface area contributed by atoms with Crippen LogP contribution in [0.4, 0.5) is 0 Å². The van der Waals surface area contributed by atoms with Crippen molar-refractivity contribution in [1.82, 2.24) is 0 Å². The van der Waals surface area contributed by atoms with Gasteiger partial charge in [0, 0.05) is 5.02 Å². The van der Waals surface area contributed by atoms with E-state index >= 15 is 0 Å². The lowest BCUT2D eigenvalue weighted by Crippen LogP contribution is -2.12. The Balaban J connectivity index is 2.01. The van der Waals surface area contributed by atoms with Gasteiger partial charge >= 0.3 is 5.97 Å². The Morgan fingerprint density at radius 2 is 1.75 bits per heavy atom. The molecule has 2 rings (SSSR count). The lowest BCUT2D eigenvalue weighted by molar-refractivity contribution is 0.0690. The summed E-state index contributed by atoms with van der Waals surface area (Å²) >= 11 is 6.12. The molecule has 0 heterocycles. The molecule has 0 aliphatic carbocycles. The van der Waals surface area contributed by atoms with Gasteiger partial charge < -0.3 is 19.3 Å². The molecule has 2 aromatic rings. The third-order valence-electron chi connectivity index (χ3n) is 3.44. The molecule has 0 aliphatic heterocycles. The monoisotopic (exact) mass is 350 g/mol. The van der Waals surface area contributed by atoms with Crippen molar-refractivity contribution in [2.75, 3.05) is 20.3 Å². The summed E-state index contributed by atoms with van der Waals surface area (Å²) in [5, 5.41) is 9.95. The fourth-order valence-electron chi connectivity index (χ4n) is 2.29. The molecule has 0 saturated heterocycles. The first-order valence-electron chi connectivity index (χ1n) is 7.36. The number of carbonyl (C=O) groups is 1. The van der Waals surface area contributed by atoms with E-state index in [2.05, 4.69) is 0 Å². The topological polar surface area (TPSA) is 65.0 Å². The molecule has 24 heavy (non-hydrogen) atoms. The molecule has 0 fully saturated rings. The average molecular weight is 351 g/mol. The summed E-state index contributed by atoms with van der Waals surface area (Å²) in [6.45, 7) is 4.26. The quantitative estimate of drug-likeness (QED) is 0.761. The minimum Gasteiger partial charge on any atom is -0.493 e. The van der Waals surface area contributed by atoms with E-state index in [1.807, 2.05) is 26.0 Å². The van der Waals surface area contributed by atoms with Crippen molar-refractivity contribution >= 4 is 17.6 Å². The Kier molecular flexibility index (Phi) is 5.93. The van der Waals surface area contributed by atoms with Crippen molar-refractivity contribution in [2.24, 2.45) is 0 Å². The van der Waals surface area contributed by atoms with E-state index in [1.165, 1.54) is 13.2 Å². The fourth-order valence-corrected chi connectivity index (χ4v) is 2.40.